The van der Waals surface area contributed by atoms with Gasteiger partial charge in [0, 0.05) is 37.1 Å². The van der Waals surface area contributed by atoms with Gasteiger partial charge in [0.15, 0.2) is 5.96 Å². The Bertz CT molecular complexity index is 508. The molecule has 1 aliphatic heterocycles. The van der Waals surface area contributed by atoms with Gasteiger partial charge in [-0.05, 0) is 43.7 Å². The van der Waals surface area contributed by atoms with Crippen LogP contribution in [0.1, 0.15) is 25.3 Å². The maximum atomic E-state index is 5.73. The molecule has 1 aliphatic rings. The van der Waals surface area contributed by atoms with Crippen LogP contribution in [0, 0.1) is 5.92 Å². The van der Waals surface area contributed by atoms with Crippen LogP contribution in [0.4, 0.5) is 0 Å². The molecule has 0 aliphatic carbocycles. The first kappa shape index (κ1) is 23.5. The lowest BCUT2D eigenvalue weighted by atomic mass is 10.1. The SMILES string of the molecule is CCNC(=NCc1ccc(SC)cc1)NCCCOCC1CCOC1.I. The minimum Gasteiger partial charge on any atom is -0.381 e. The van der Waals surface area contributed by atoms with Gasteiger partial charge >= 0.3 is 0 Å². The number of benzene rings is 1. The summed E-state index contributed by atoms with van der Waals surface area (Å²) in [5, 5.41) is 6.66. The third-order valence-corrected chi connectivity index (χ3v) is 4.80. The Kier molecular flexibility index (Phi) is 13.2. The summed E-state index contributed by atoms with van der Waals surface area (Å²) in [5.41, 5.74) is 1.22. The Morgan fingerprint density at radius 3 is 2.77 bits per heavy atom. The van der Waals surface area contributed by atoms with Gasteiger partial charge in [-0.1, -0.05) is 12.1 Å². The standard InChI is InChI=1S/C19H31N3O2S.HI/c1-3-20-19(22-13-16-5-7-18(25-2)8-6-16)21-10-4-11-23-14-17-9-12-24-15-17;/h5-8,17H,3-4,9-15H2,1-2H3,(H2,20,21,22);1H. The van der Waals surface area contributed by atoms with Crippen LogP contribution in [-0.4, -0.2) is 51.7 Å². The summed E-state index contributed by atoms with van der Waals surface area (Å²) in [5.74, 6) is 1.45. The average Bonchev–Trinajstić information content (AvgIpc) is 3.16. The van der Waals surface area contributed by atoms with Crippen molar-refractivity contribution in [1.29, 1.82) is 0 Å². The Morgan fingerprint density at radius 1 is 1.31 bits per heavy atom. The second-order valence-electron chi connectivity index (χ2n) is 6.13. The third-order valence-electron chi connectivity index (χ3n) is 4.06. The number of hydrogen-bond donors (Lipinski definition) is 2. The minimum atomic E-state index is 0. The Hall–Kier alpha value is -0.510. The molecule has 1 aromatic rings. The molecule has 0 bridgehead atoms. The van der Waals surface area contributed by atoms with Gasteiger partial charge in [0.1, 0.15) is 0 Å². The first-order valence-corrected chi connectivity index (χ1v) is 10.3. The van der Waals surface area contributed by atoms with E-state index in [1.165, 1.54) is 10.5 Å². The Morgan fingerprint density at radius 2 is 2.12 bits per heavy atom. The van der Waals surface area contributed by atoms with Gasteiger partial charge in [-0.25, -0.2) is 4.99 Å². The number of hydrogen-bond acceptors (Lipinski definition) is 4. The van der Waals surface area contributed by atoms with Gasteiger partial charge in [0.25, 0.3) is 0 Å². The van der Waals surface area contributed by atoms with Gasteiger partial charge < -0.3 is 20.1 Å². The number of guanidine groups is 1. The third kappa shape index (κ3) is 9.43. The highest BCUT2D eigenvalue weighted by Crippen LogP contribution is 2.15. The quantitative estimate of drug-likeness (QED) is 0.172. The van der Waals surface area contributed by atoms with Gasteiger partial charge in [-0.2, -0.15) is 0 Å². The number of nitrogens with one attached hydrogen (secondary N) is 2. The maximum absolute atomic E-state index is 5.73. The van der Waals surface area contributed by atoms with Gasteiger partial charge in [0.05, 0.1) is 19.8 Å². The monoisotopic (exact) mass is 493 g/mol. The molecule has 0 saturated carbocycles. The average molecular weight is 493 g/mol. The Labute approximate surface area is 179 Å². The molecule has 1 atom stereocenters. The molecule has 1 unspecified atom stereocenters. The van der Waals surface area contributed by atoms with Crippen molar-refractivity contribution >= 4 is 41.7 Å². The molecule has 1 fully saturated rings. The lowest BCUT2D eigenvalue weighted by molar-refractivity contribution is 0.0888. The van der Waals surface area contributed by atoms with Crippen LogP contribution >= 0.6 is 35.7 Å². The summed E-state index contributed by atoms with van der Waals surface area (Å²) < 4.78 is 11.1. The molecule has 1 aromatic carbocycles. The second kappa shape index (κ2) is 14.5. The molecule has 0 amide bonds. The summed E-state index contributed by atoms with van der Waals surface area (Å²) in [7, 11) is 0. The lowest BCUT2D eigenvalue weighted by Crippen LogP contribution is -2.38. The van der Waals surface area contributed by atoms with Crippen molar-refractivity contribution in [2.24, 2.45) is 10.9 Å². The van der Waals surface area contributed by atoms with Gasteiger partial charge in [0.2, 0.25) is 0 Å². The predicted molar refractivity (Wildman–Crippen MR) is 121 cm³/mol. The highest BCUT2D eigenvalue weighted by atomic mass is 127. The number of aliphatic imine (C=N–C) groups is 1. The van der Waals surface area contributed by atoms with Crippen molar-refractivity contribution in [1.82, 2.24) is 10.6 Å². The topological polar surface area (TPSA) is 54.9 Å². The highest BCUT2D eigenvalue weighted by Gasteiger charge is 2.15. The number of halogens is 1. The lowest BCUT2D eigenvalue weighted by Gasteiger charge is -2.12. The molecule has 1 heterocycles. The molecule has 26 heavy (non-hydrogen) atoms. The number of ether oxygens (including phenoxy) is 2. The summed E-state index contributed by atoms with van der Waals surface area (Å²) in [6.07, 6.45) is 4.19. The molecule has 148 valence electrons. The van der Waals surface area contributed by atoms with E-state index in [1.807, 2.05) is 0 Å². The van der Waals surface area contributed by atoms with Crippen LogP contribution < -0.4 is 10.6 Å². The van der Waals surface area contributed by atoms with Crippen molar-refractivity contribution in [2.45, 2.75) is 31.2 Å². The molecular formula is C19H32IN3O2S. The van der Waals surface area contributed by atoms with E-state index in [1.54, 1.807) is 11.8 Å². The normalized spacial score (nSPS) is 17.0. The first-order valence-electron chi connectivity index (χ1n) is 9.12. The van der Waals surface area contributed by atoms with E-state index in [4.69, 9.17) is 9.47 Å². The van der Waals surface area contributed by atoms with E-state index in [0.29, 0.717) is 12.5 Å². The molecule has 0 spiro atoms. The van der Waals surface area contributed by atoms with Crippen LogP contribution in [0.25, 0.3) is 0 Å². The van der Waals surface area contributed by atoms with Crippen molar-refractivity contribution in [3.05, 3.63) is 29.8 Å². The smallest absolute Gasteiger partial charge is 0.191 e. The zero-order valence-corrected chi connectivity index (χ0v) is 19.0. The van der Waals surface area contributed by atoms with Crippen LogP contribution in [0.2, 0.25) is 0 Å². The molecular weight excluding hydrogens is 461 g/mol. The summed E-state index contributed by atoms with van der Waals surface area (Å²) >= 11 is 1.76. The van der Waals surface area contributed by atoms with E-state index in [0.717, 1.165) is 58.3 Å². The van der Waals surface area contributed by atoms with Crippen molar-refractivity contribution < 1.29 is 9.47 Å². The Balaban J connectivity index is 0.00000338. The largest absolute Gasteiger partial charge is 0.381 e. The van der Waals surface area contributed by atoms with E-state index in [9.17, 15) is 0 Å². The molecule has 0 aromatic heterocycles. The fraction of sp³-hybridized carbons (Fsp3) is 0.632. The molecule has 2 rings (SSSR count). The minimum absolute atomic E-state index is 0. The highest BCUT2D eigenvalue weighted by molar-refractivity contribution is 14.0. The van der Waals surface area contributed by atoms with Crippen molar-refractivity contribution in [2.75, 3.05) is 45.8 Å². The summed E-state index contributed by atoms with van der Waals surface area (Å²) in [6.45, 7) is 7.82. The predicted octanol–water partition coefficient (Wildman–Crippen LogP) is 3.52. The zero-order chi connectivity index (χ0) is 17.7. The van der Waals surface area contributed by atoms with E-state index in [-0.39, 0.29) is 24.0 Å². The van der Waals surface area contributed by atoms with Gasteiger partial charge in [-0.15, -0.1) is 35.7 Å². The summed E-state index contributed by atoms with van der Waals surface area (Å²) in [4.78, 5) is 5.93. The molecule has 7 heteroatoms. The first-order chi connectivity index (χ1) is 12.3. The zero-order valence-electron chi connectivity index (χ0n) is 15.8. The fourth-order valence-electron chi connectivity index (χ4n) is 2.59. The van der Waals surface area contributed by atoms with Crippen LogP contribution in [0.5, 0.6) is 0 Å². The van der Waals surface area contributed by atoms with Crippen molar-refractivity contribution in [3.63, 3.8) is 0 Å². The van der Waals surface area contributed by atoms with Crippen LogP contribution in [0.3, 0.4) is 0 Å². The van der Waals surface area contributed by atoms with E-state index < -0.39 is 0 Å². The number of rotatable bonds is 10. The number of thioether (sulfide) groups is 1. The van der Waals surface area contributed by atoms with Crippen LogP contribution in [0.15, 0.2) is 34.2 Å². The van der Waals surface area contributed by atoms with E-state index in [2.05, 4.69) is 53.1 Å². The van der Waals surface area contributed by atoms with E-state index >= 15 is 0 Å². The molecule has 0 radical (unpaired) electrons. The summed E-state index contributed by atoms with van der Waals surface area (Å²) in [6, 6.07) is 8.56. The van der Waals surface area contributed by atoms with Crippen molar-refractivity contribution in [3.8, 4) is 0 Å². The van der Waals surface area contributed by atoms with Crippen LogP contribution in [-0.2, 0) is 16.0 Å². The maximum Gasteiger partial charge on any atom is 0.191 e. The molecule has 5 nitrogen and oxygen atoms in total. The fourth-order valence-corrected chi connectivity index (χ4v) is 3.00. The number of nitrogens with zero attached hydrogens (tertiary/aromatic N) is 1. The molecule has 2 N–H and O–H groups in total. The second-order valence-corrected chi connectivity index (χ2v) is 7.01. The molecule has 1 saturated heterocycles. The van der Waals surface area contributed by atoms with Gasteiger partial charge in [-0.3, -0.25) is 0 Å².